The largest absolute Gasteiger partial charge is 0.491 e. The van der Waals surface area contributed by atoms with Crippen molar-refractivity contribution in [3.8, 4) is 5.75 Å². The van der Waals surface area contributed by atoms with Crippen molar-refractivity contribution >= 4 is 33.4 Å². The van der Waals surface area contributed by atoms with Gasteiger partial charge in [0.25, 0.3) is 0 Å². The van der Waals surface area contributed by atoms with Crippen LogP contribution in [0.2, 0.25) is 0 Å². The summed E-state index contributed by atoms with van der Waals surface area (Å²) >= 11 is 2.08. The SMILES string of the molecule is COCCOc1ccc([S+]2CCSCC2)c2ccccc12. The molecular weight excluding hydrogens is 300 g/mol. The van der Waals surface area contributed by atoms with Gasteiger partial charge >= 0.3 is 0 Å². The number of thioether (sulfide) groups is 1. The summed E-state index contributed by atoms with van der Waals surface area (Å²) in [5.74, 6) is 6.20. The van der Waals surface area contributed by atoms with Crippen molar-refractivity contribution < 1.29 is 9.47 Å². The van der Waals surface area contributed by atoms with Gasteiger partial charge in [0.1, 0.15) is 23.9 Å². The molecule has 0 unspecified atom stereocenters. The summed E-state index contributed by atoms with van der Waals surface area (Å²) in [6.45, 7) is 1.22. The minimum atomic E-state index is 0.401. The highest BCUT2D eigenvalue weighted by Gasteiger charge is 2.27. The zero-order valence-electron chi connectivity index (χ0n) is 12.3. The van der Waals surface area contributed by atoms with Crippen LogP contribution in [-0.2, 0) is 15.6 Å². The molecule has 2 aromatic rings. The third-order valence-electron chi connectivity index (χ3n) is 3.65. The molecule has 0 N–H and O–H groups in total. The minimum Gasteiger partial charge on any atom is -0.491 e. The molecule has 2 nitrogen and oxygen atoms in total. The molecule has 0 aliphatic carbocycles. The van der Waals surface area contributed by atoms with Gasteiger partial charge in [-0.3, -0.25) is 0 Å². The molecule has 0 amide bonds. The molecule has 1 heterocycles. The number of fused-ring (bicyclic) bond motifs is 1. The monoisotopic (exact) mass is 321 g/mol. The molecule has 21 heavy (non-hydrogen) atoms. The van der Waals surface area contributed by atoms with Gasteiger partial charge in [0.15, 0.2) is 4.90 Å². The molecule has 0 atom stereocenters. The van der Waals surface area contributed by atoms with E-state index in [2.05, 4.69) is 48.2 Å². The first-order valence-electron chi connectivity index (χ1n) is 7.29. The lowest BCUT2D eigenvalue weighted by Crippen LogP contribution is -2.21. The van der Waals surface area contributed by atoms with Crippen molar-refractivity contribution in [2.24, 2.45) is 0 Å². The van der Waals surface area contributed by atoms with Gasteiger partial charge in [0.05, 0.1) is 6.61 Å². The van der Waals surface area contributed by atoms with Crippen LogP contribution in [0.4, 0.5) is 0 Å². The lowest BCUT2D eigenvalue weighted by atomic mass is 10.1. The predicted molar refractivity (Wildman–Crippen MR) is 94.0 cm³/mol. The first kappa shape index (κ1) is 15.1. The van der Waals surface area contributed by atoms with Crippen LogP contribution in [-0.4, -0.2) is 43.3 Å². The first-order valence-corrected chi connectivity index (χ1v) is 10.0. The van der Waals surface area contributed by atoms with Crippen molar-refractivity contribution in [3.63, 3.8) is 0 Å². The fraction of sp³-hybridized carbons (Fsp3) is 0.412. The average Bonchev–Trinajstić information content (AvgIpc) is 2.56. The number of hydrogen-bond acceptors (Lipinski definition) is 3. The van der Waals surface area contributed by atoms with Gasteiger partial charge < -0.3 is 9.47 Å². The average molecular weight is 321 g/mol. The van der Waals surface area contributed by atoms with Gasteiger partial charge in [-0.1, -0.05) is 18.2 Å². The van der Waals surface area contributed by atoms with E-state index in [1.54, 1.807) is 7.11 Å². The fourth-order valence-corrected chi connectivity index (χ4v) is 6.75. The summed E-state index contributed by atoms with van der Waals surface area (Å²) in [6.07, 6.45) is 0. The normalized spacial score (nSPS) is 16.2. The molecule has 1 aliphatic rings. The van der Waals surface area contributed by atoms with Crippen LogP contribution in [0, 0.1) is 0 Å². The summed E-state index contributed by atoms with van der Waals surface area (Å²) in [5.41, 5.74) is 0. The predicted octanol–water partition coefficient (Wildman–Crippen LogP) is 3.59. The van der Waals surface area contributed by atoms with E-state index in [9.17, 15) is 0 Å². The number of ether oxygens (including phenoxy) is 2. The van der Waals surface area contributed by atoms with Gasteiger partial charge in [-0.2, -0.15) is 11.8 Å². The molecule has 112 valence electrons. The maximum Gasteiger partial charge on any atom is 0.163 e. The van der Waals surface area contributed by atoms with E-state index in [1.165, 1.54) is 38.7 Å². The summed E-state index contributed by atoms with van der Waals surface area (Å²) < 4.78 is 10.9. The van der Waals surface area contributed by atoms with Crippen molar-refractivity contribution in [2.75, 3.05) is 43.3 Å². The van der Waals surface area contributed by atoms with E-state index in [-0.39, 0.29) is 0 Å². The highest BCUT2D eigenvalue weighted by Crippen LogP contribution is 2.33. The van der Waals surface area contributed by atoms with Crippen LogP contribution in [0.3, 0.4) is 0 Å². The van der Waals surface area contributed by atoms with Gasteiger partial charge in [0, 0.05) is 40.3 Å². The lowest BCUT2D eigenvalue weighted by molar-refractivity contribution is 0.147. The summed E-state index contributed by atoms with van der Waals surface area (Å²) in [4.78, 5) is 1.52. The number of hydrogen-bond donors (Lipinski definition) is 0. The van der Waals surface area contributed by atoms with E-state index in [0.29, 0.717) is 24.1 Å². The molecule has 1 aliphatic heterocycles. The third-order valence-corrected chi connectivity index (χ3v) is 7.52. The van der Waals surface area contributed by atoms with Gasteiger partial charge in [-0.25, -0.2) is 0 Å². The maximum absolute atomic E-state index is 5.88. The topological polar surface area (TPSA) is 18.5 Å². The molecule has 1 saturated heterocycles. The van der Waals surface area contributed by atoms with Crippen molar-refractivity contribution in [3.05, 3.63) is 36.4 Å². The van der Waals surface area contributed by atoms with Crippen LogP contribution in [0.15, 0.2) is 41.3 Å². The summed E-state index contributed by atoms with van der Waals surface area (Å²) in [5, 5.41) is 2.60. The Morgan fingerprint density at radius 2 is 1.76 bits per heavy atom. The molecule has 0 radical (unpaired) electrons. The molecule has 1 fully saturated rings. The molecule has 4 heteroatoms. The van der Waals surface area contributed by atoms with Crippen molar-refractivity contribution in [1.82, 2.24) is 0 Å². The van der Waals surface area contributed by atoms with Crippen LogP contribution in [0.25, 0.3) is 10.8 Å². The zero-order valence-corrected chi connectivity index (χ0v) is 14.0. The Balaban J connectivity index is 1.93. The van der Waals surface area contributed by atoms with Crippen molar-refractivity contribution in [1.29, 1.82) is 0 Å². The maximum atomic E-state index is 5.88. The van der Waals surface area contributed by atoms with Crippen LogP contribution in [0.5, 0.6) is 5.75 Å². The second kappa shape index (κ2) is 7.43. The number of methoxy groups -OCH3 is 1. The Morgan fingerprint density at radius 3 is 2.52 bits per heavy atom. The molecule has 3 rings (SSSR count). The van der Waals surface area contributed by atoms with Crippen LogP contribution in [0.1, 0.15) is 0 Å². The van der Waals surface area contributed by atoms with Gasteiger partial charge in [-0.05, 0) is 18.2 Å². The Bertz CT molecular complexity index is 594. The standard InChI is InChI=1S/C17H21O2S2/c1-18-8-9-19-16-6-7-17(21-12-10-20-11-13-21)15-5-3-2-4-14(15)16/h2-7H,8-13H2,1H3/q+1. The molecule has 2 aromatic carbocycles. The molecule has 0 bridgehead atoms. The fourth-order valence-electron chi connectivity index (χ4n) is 2.60. The van der Waals surface area contributed by atoms with Gasteiger partial charge in [0.2, 0.25) is 0 Å². The highest BCUT2D eigenvalue weighted by molar-refractivity contribution is 8.05. The second-order valence-corrected chi connectivity index (χ2v) is 8.43. The summed E-state index contributed by atoms with van der Waals surface area (Å²) in [6, 6.07) is 13.1. The molecular formula is C17H21O2S2+. The highest BCUT2D eigenvalue weighted by atomic mass is 32.2. The quantitative estimate of drug-likeness (QED) is 0.619. The van der Waals surface area contributed by atoms with Crippen LogP contribution < -0.4 is 4.74 Å². The van der Waals surface area contributed by atoms with E-state index in [1.807, 2.05) is 0 Å². The molecule has 0 saturated carbocycles. The lowest BCUT2D eigenvalue weighted by Gasteiger charge is -2.16. The molecule has 0 spiro atoms. The van der Waals surface area contributed by atoms with Crippen LogP contribution >= 0.6 is 11.8 Å². The van der Waals surface area contributed by atoms with Gasteiger partial charge in [-0.15, -0.1) is 0 Å². The van der Waals surface area contributed by atoms with E-state index in [0.717, 1.165) is 5.75 Å². The number of benzene rings is 2. The minimum absolute atomic E-state index is 0.401. The Kier molecular flexibility index (Phi) is 5.33. The van der Waals surface area contributed by atoms with Crippen molar-refractivity contribution in [2.45, 2.75) is 4.90 Å². The smallest absolute Gasteiger partial charge is 0.163 e. The van der Waals surface area contributed by atoms with E-state index < -0.39 is 0 Å². The Labute approximate surface area is 133 Å². The third kappa shape index (κ3) is 3.50. The Hall–Kier alpha value is -0.840. The Morgan fingerprint density at radius 1 is 1.00 bits per heavy atom. The zero-order chi connectivity index (χ0) is 14.5. The van der Waals surface area contributed by atoms with E-state index in [4.69, 9.17) is 9.47 Å². The second-order valence-electron chi connectivity index (χ2n) is 4.96. The number of rotatable bonds is 5. The summed E-state index contributed by atoms with van der Waals surface area (Å²) in [7, 11) is 2.10. The molecule has 0 aromatic heterocycles. The first-order chi connectivity index (χ1) is 10.4. The van der Waals surface area contributed by atoms with E-state index >= 15 is 0 Å².